The van der Waals surface area contributed by atoms with Crippen molar-refractivity contribution in [3.05, 3.63) is 34.2 Å². The smallest absolute Gasteiger partial charge is 0.418 e. The highest BCUT2D eigenvalue weighted by molar-refractivity contribution is 7.21. The number of rotatable bonds is 2. The van der Waals surface area contributed by atoms with E-state index in [0.717, 1.165) is 11.3 Å². The summed E-state index contributed by atoms with van der Waals surface area (Å²) in [6.07, 6.45) is -4.58. The van der Waals surface area contributed by atoms with Crippen molar-refractivity contribution in [3.8, 4) is 0 Å². The minimum atomic E-state index is -4.58. The number of benzene rings is 1. The van der Waals surface area contributed by atoms with Crippen LogP contribution in [0.1, 0.15) is 27.7 Å². The van der Waals surface area contributed by atoms with Crippen LogP contribution in [-0.4, -0.2) is 12.6 Å². The fourth-order valence-electron chi connectivity index (χ4n) is 1.83. The van der Waals surface area contributed by atoms with Crippen LogP contribution in [0.3, 0.4) is 0 Å². The molecule has 0 aliphatic carbocycles. The zero-order valence-corrected chi connectivity index (χ0v) is 11.1. The normalized spacial score (nSPS) is 11.8. The number of carbonyl (C=O) groups excluding carboxylic acids is 1. The average molecular weight is 288 g/mol. The maximum absolute atomic E-state index is 13.1. The number of aryl methyl sites for hydroxylation is 1. The predicted octanol–water partition coefficient (Wildman–Crippen LogP) is 4.41. The van der Waals surface area contributed by atoms with E-state index in [1.54, 1.807) is 26.0 Å². The molecule has 0 N–H and O–H groups in total. The Kier molecular flexibility index (Phi) is 3.54. The molecule has 1 heterocycles. The standard InChI is InChI=1S/C13H11F3O2S/c1-3-18-12(17)11-10(13(14,15)16)8-6-7(2)4-5-9(8)19-11/h4-6H,3H2,1-2H3. The van der Waals surface area contributed by atoms with E-state index in [1.807, 2.05) is 0 Å². The summed E-state index contributed by atoms with van der Waals surface area (Å²) in [5, 5.41) is 0.0561. The predicted molar refractivity (Wildman–Crippen MR) is 67.5 cm³/mol. The lowest BCUT2D eigenvalue weighted by Gasteiger charge is -2.08. The molecule has 0 radical (unpaired) electrons. The molecule has 0 unspecified atom stereocenters. The van der Waals surface area contributed by atoms with Crippen molar-refractivity contribution in [2.24, 2.45) is 0 Å². The van der Waals surface area contributed by atoms with Gasteiger partial charge in [0.05, 0.1) is 12.2 Å². The fourth-order valence-corrected chi connectivity index (χ4v) is 2.93. The van der Waals surface area contributed by atoms with Gasteiger partial charge in [0.2, 0.25) is 0 Å². The van der Waals surface area contributed by atoms with E-state index >= 15 is 0 Å². The van der Waals surface area contributed by atoms with Crippen LogP contribution in [0.2, 0.25) is 0 Å². The number of esters is 1. The number of hydrogen-bond acceptors (Lipinski definition) is 3. The molecule has 0 fully saturated rings. The third-order valence-corrected chi connectivity index (χ3v) is 3.74. The molecule has 2 aromatic rings. The van der Waals surface area contributed by atoms with Crippen molar-refractivity contribution in [2.45, 2.75) is 20.0 Å². The third-order valence-electron chi connectivity index (χ3n) is 2.59. The number of halogens is 3. The average Bonchev–Trinajstić information content (AvgIpc) is 2.67. The zero-order chi connectivity index (χ0) is 14.2. The molecular weight excluding hydrogens is 277 g/mol. The molecule has 102 valence electrons. The van der Waals surface area contributed by atoms with Gasteiger partial charge in [0, 0.05) is 10.1 Å². The molecule has 0 spiro atoms. The molecule has 2 nitrogen and oxygen atoms in total. The van der Waals surface area contributed by atoms with Gasteiger partial charge in [-0.3, -0.25) is 0 Å². The van der Waals surface area contributed by atoms with Crippen LogP contribution < -0.4 is 0 Å². The molecule has 0 aliphatic heterocycles. The van der Waals surface area contributed by atoms with Crippen LogP contribution in [0, 0.1) is 6.92 Å². The van der Waals surface area contributed by atoms with Gasteiger partial charge in [-0.1, -0.05) is 11.6 Å². The van der Waals surface area contributed by atoms with E-state index < -0.39 is 17.7 Å². The Morgan fingerprint density at radius 3 is 2.63 bits per heavy atom. The second kappa shape index (κ2) is 4.85. The van der Waals surface area contributed by atoms with Crippen LogP contribution in [0.15, 0.2) is 18.2 Å². The molecule has 0 aliphatic rings. The Morgan fingerprint density at radius 1 is 1.37 bits per heavy atom. The summed E-state index contributed by atoms with van der Waals surface area (Å²) < 4.78 is 44.6. The lowest BCUT2D eigenvalue weighted by atomic mass is 10.1. The maximum Gasteiger partial charge on any atom is 0.418 e. The lowest BCUT2D eigenvalue weighted by molar-refractivity contribution is -0.136. The summed E-state index contributed by atoms with van der Waals surface area (Å²) in [5.74, 6) is -0.923. The Bertz CT molecular complexity index is 629. The van der Waals surface area contributed by atoms with E-state index in [9.17, 15) is 18.0 Å². The molecule has 0 bridgehead atoms. The molecule has 0 atom stereocenters. The van der Waals surface area contributed by atoms with Crippen molar-refractivity contribution >= 4 is 27.4 Å². The number of ether oxygens (including phenoxy) is 1. The summed E-state index contributed by atoms with van der Waals surface area (Å²) in [7, 11) is 0. The molecule has 0 amide bonds. The van der Waals surface area contributed by atoms with Gasteiger partial charge >= 0.3 is 12.1 Å². The first-order valence-corrected chi connectivity index (χ1v) is 6.43. The molecule has 6 heteroatoms. The highest BCUT2D eigenvalue weighted by Crippen LogP contribution is 2.42. The highest BCUT2D eigenvalue weighted by Gasteiger charge is 2.39. The quantitative estimate of drug-likeness (QED) is 0.765. The van der Waals surface area contributed by atoms with E-state index in [-0.39, 0.29) is 16.9 Å². The number of fused-ring (bicyclic) bond motifs is 1. The Hall–Kier alpha value is -1.56. The van der Waals surface area contributed by atoms with E-state index in [4.69, 9.17) is 4.74 Å². The van der Waals surface area contributed by atoms with E-state index in [1.165, 1.54) is 6.07 Å². The first-order valence-electron chi connectivity index (χ1n) is 5.62. The first-order chi connectivity index (χ1) is 8.84. The SMILES string of the molecule is CCOC(=O)c1sc2ccc(C)cc2c1C(F)(F)F. The molecular formula is C13H11F3O2S. The van der Waals surface area contributed by atoms with Crippen LogP contribution in [0.5, 0.6) is 0 Å². The monoisotopic (exact) mass is 288 g/mol. The van der Waals surface area contributed by atoms with Crippen LogP contribution in [0.4, 0.5) is 13.2 Å². The van der Waals surface area contributed by atoms with Gasteiger partial charge in [0.1, 0.15) is 4.88 Å². The molecule has 19 heavy (non-hydrogen) atoms. The summed E-state index contributed by atoms with van der Waals surface area (Å²) in [4.78, 5) is 11.3. The van der Waals surface area contributed by atoms with Crippen LogP contribution >= 0.6 is 11.3 Å². The van der Waals surface area contributed by atoms with Crippen molar-refractivity contribution in [2.75, 3.05) is 6.61 Å². The van der Waals surface area contributed by atoms with Crippen molar-refractivity contribution in [3.63, 3.8) is 0 Å². The van der Waals surface area contributed by atoms with Gasteiger partial charge in [-0.25, -0.2) is 4.79 Å². The van der Waals surface area contributed by atoms with Gasteiger partial charge in [0.25, 0.3) is 0 Å². The van der Waals surface area contributed by atoms with Crippen molar-refractivity contribution < 1.29 is 22.7 Å². The first kappa shape index (κ1) is 13.9. The Labute approximate surface area is 111 Å². The minimum absolute atomic E-state index is 0.0450. The second-order valence-corrected chi connectivity index (χ2v) is 5.08. The van der Waals surface area contributed by atoms with Crippen molar-refractivity contribution in [1.29, 1.82) is 0 Å². The van der Waals surface area contributed by atoms with Crippen LogP contribution in [0.25, 0.3) is 10.1 Å². The Balaban J connectivity index is 2.73. The maximum atomic E-state index is 13.1. The summed E-state index contributed by atoms with van der Waals surface area (Å²) in [6.45, 7) is 3.31. The summed E-state index contributed by atoms with van der Waals surface area (Å²) in [5.41, 5.74) is -0.180. The number of thiophene rings is 1. The molecule has 0 saturated heterocycles. The van der Waals surface area contributed by atoms with E-state index in [0.29, 0.717) is 10.3 Å². The summed E-state index contributed by atoms with van der Waals surface area (Å²) >= 11 is 0.813. The van der Waals surface area contributed by atoms with Gasteiger partial charge in [-0.15, -0.1) is 11.3 Å². The lowest BCUT2D eigenvalue weighted by Crippen LogP contribution is -2.12. The highest BCUT2D eigenvalue weighted by atomic mass is 32.1. The molecule has 1 aromatic carbocycles. The molecule has 2 rings (SSSR count). The number of carbonyl (C=O) groups is 1. The number of alkyl halides is 3. The molecule has 0 saturated carbocycles. The summed E-state index contributed by atoms with van der Waals surface area (Å²) in [6, 6.07) is 4.75. The fraction of sp³-hybridized carbons (Fsp3) is 0.308. The van der Waals surface area contributed by atoms with Gasteiger partial charge in [-0.2, -0.15) is 13.2 Å². The van der Waals surface area contributed by atoms with E-state index in [2.05, 4.69) is 0 Å². The van der Waals surface area contributed by atoms with Crippen LogP contribution in [-0.2, 0) is 10.9 Å². The minimum Gasteiger partial charge on any atom is -0.462 e. The zero-order valence-electron chi connectivity index (χ0n) is 10.3. The topological polar surface area (TPSA) is 26.3 Å². The van der Waals surface area contributed by atoms with Crippen molar-refractivity contribution in [1.82, 2.24) is 0 Å². The third kappa shape index (κ3) is 2.58. The van der Waals surface area contributed by atoms with Gasteiger partial charge in [0.15, 0.2) is 0 Å². The molecule has 1 aromatic heterocycles. The second-order valence-electron chi connectivity index (χ2n) is 4.02. The largest absolute Gasteiger partial charge is 0.462 e. The number of hydrogen-bond donors (Lipinski definition) is 0. The Morgan fingerprint density at radius 2 is 2.05 bits per heavy atom. The van der Waals surface area contributed by atoms with Gasteiger partial charge in [-0.05, 0) is 26.0 Å². The van der Waals surface area contributed by atoms with Gasteiger partial charge < -0.3 is 4.74 Å².